The molecule has 4 nitrogen and oxygen atoms in total. The topological polar surface area (TPSA) is 38.8 Å². The number of ether oxygens (including phenoxy) is 2. The van der Waals surface area contributed by atoms with Gasteiger partial charge in [0.15, 0.2) is 0 Å². The van der Waals surface area contributed by atoms with E-state index in [1.807, 2.05) is 4.90 Å². The van der Waals surface area contributed by atoms with Gasteiger partial charge in [-0.2, -0.15) is 0 Å². The third-order valence-electron chi connectivity index (χ3n) is 5.27. The van der Waals surface area contributed by atoms with Crippen LogP contribution < -0.4 is 0 Å². The Bertz CT molecular complexity index is 449. The van der Waals surface area contributed by atoms with E-state index in [0.717, 1.165) is 69.9 Å². The predicted octanol–water partition coefficient (Wildman–Crippen LogP) is 2.28. The molecule has 3 fully saturated rings. The van der Waals surface area contributed by atoms with Crippen molar-refractivity contribution in [1.82, 2.24) is 4.90 Å². The van der Waals surface area contributed by atoms with E-state index in [2.05, 4.69) is 6.08 Å². The van der Waals surface area contributed by atoms with Gasteiger partial charge >= 0.3 is 0 Å². The molecule has 2 aliphatic heterocycles. The molecule has 0 aromatic rings. The van der Waals surface area contributed by atoms with Crippen LogP contribution in [0.3, 0.4) is 0 Å². The Kier molecular flexibility index (Phi) is 3.54. The molecule has 1 atom stereocenters. The summed E-state index contributed by atoms with van der Waals surface area (Å²) in [5.74, 6) is 1.06. The van der Waals surface area contributed by atoms with Crippen molar-refractivity contribution in [3.63, 3.8) is 0 Å². The van der Waals surface area contributed by atoms with E-state index in [1.165, 1.54) is 12.8 Å². The molecule has 4 heteroatoms. The number of amides is 1. The normalized spacial score (nSPS) is 31.1. The summed E-state index contributed by atoms with van der Waals surface area (Å²) in [5, 5.41) is 0. The summed E-state index contributed by atoms with van der Waals surface area (Å²) < 4.78 is 12.0. The maximum absolute atomic E-state index is 12.3. The molecular formula is C17H25NO3. The summed E-state index contributed by atoms with van der Waals surface area (Å²) in [6.45, 7) is 3.22. The van der Waals surface area contributed by atoms with E-state index in [-0.39, 0.29) is 11.5 Å². The lowest BCUT2D eigenvalue weighted by Crippen LogP contribution is -2.67. The van der Waals surface area contributed by atoms with Crippen LogP contribution in [0.1, 0.15) is 44.9 Å². The predicted molar refractivity (Wildman–Crippen MR) is 78.9 cm³/mol. The molecule has 4 rings (SSSR count). The average Bonchev–Trinajstić information content (AvgIpc) is 3.14. The summed E-state index contributed by atoms with van der Waals surface area (Å²) in [7, 11) is 0. The third kappa shape index (κ3) is 2.88. The number of nitrogens with zero attached hydrogens (tertiary/aromatic N) is 1. The highest BCUT2D eigenvalue weighted by Gasteiger charge is 2.50. The number of carbonyl (C=O) groups excluding carboxylic acids is 1. The lowest BCUT2D eigenvalue weighted by Gasteiger charge is -2.53. The van der Waals surface area contributed by atoms with Crippen LogP contribution in [0.15, 0.2) is 11.6 Å². The zero-order chi connectivity index (χ0) is 14.3. The fourth-order valence-electron chi connectivity index (χ4n) is 3.76. The molecule has 0 radical (unpaired) electrons. The van der Waals surface area contributed by atoms with Crippen LogP contribution in [0.2, 0.25) is 0 Å². The second-order valence-electron chi connectivity index (χ2n) is 7.21. The van der Waals surface area contributed by atoms with Crippen LogP contribution in [0.5, 0.6) is 0 Å². The van der Waals surface area contributed by atoms with Crippen molar-refractivity contribution in [2.75, 3.05) is 26.3 Å². The van der Waals surface area contributed by atoms with Gasteiger partial charge in [-0.05, 0) is 44.4 Å². The maximum Gasteiger partial charge on any atom is 0.249 e. The van der Waals surface area contributed by atoms with Crippen LogP contribution in [0, 0.1) is 5.92 Å². The SMILES string of the molecule is O=C(C1=CCCC1)N1CC2(C[C@H](OCC3CC3)CCO2)C1. The minimum absolute atomic E-state index is 0.110. The number of carbonyl (C=O) groups is 1. The highest BCUT2D eigenvalue weighted by atomic mass is 16.5. The summed E-state index contributed by atoms with van der Waals surface area (Å²) in [6.07, 6.45) is 10.2. The van der Waals surface area contributed by atoms with Gasteiger partial charge in [0, 0.05) is 25.2 Å². The summed E-state index contributed by atoms with van der Waals surface area (Å²) >= 11 is 0. The van der Waals surface area contributed by atoms with Crippen LogP contribution >= 0.6 is 0 Å². The molecular weight excluding hydrogens is 266 g/mol. The van der Waals surface area contributed by atoms with E-state index in [0.29, 0.717) is 6.10 Å². The highest BCUT2D eigenvalue weighted by molar-refractivity contribution is 5.94. The summed E-state index contributed by atoms with van der Waals surface area (Å²) in [4.78, 5) is 14.3. The van der Waals surface area contributed by atoms with Gasteiger partial charge < -0.3 is 14.4 Å². The van der Waals surface area contributed by atoms with Crippen molar-refractivity contribution in [3.8, 4) is 0 Å². The minimum atomic E-state index is -0.110. The quantitative estimate of drug-likeness (QED) is 0.797. The van der Waals surface area contributed by atoms with E-state index in [9.17, 15) is 4.79 Å². The van der Waals surface area contributed by atoms with E-state index < -0.39 is 0 Å². The molecule has 1 spiro atoms. The van der Waals surface area contributed by atoms with Crippen molar-refractivity contribution >= 4 is 5.91 Å². The molecule has 4 aliphatic rings. The smallest absolute Gasteiger partial charge is 0.249 e. The van der Waals surface area contributed by atoms with Gasteiger partial charge in [-0.15, -0.1) is 0 Å². The fourth-order valence-corrected chi connectivity index (χ4v) is 3.76. The molecule has 1 amide bonds. The van der Waals surface area contributed by atoms with Gasteiger partial charge in [-0.3, -0.25) is 4.79 Å². The minimum Gasteiger partial charge on any atom is -0.378 e. The van der Waals surface area contributed by atoms with Gasteiger partial charge in [0.1, 0.15) is 5.60 Å². The first kappa shape index (κ1) is 13.8. The van der Waals surface area contributed by atoms with Gasteiger partial charge in [-0.25, -0.2) is 0 Å². The fraction of sp³-hybridized carbons (Fsp3) is 0.824. The Balaban J connectivity index is 1.29. The summed E-state index contributed by atoms with van der Waals surface area (Å²) in [6, 6.07) is 0. The Morgan fingerprint density at radius 1 is 1.38 bits per heavy atom. The number of hydrogen-bond acceptors (Lipinski definition) is 3. The molecule has 2 heterocycles. The maximum atomic E-state index is 12.3. The first-order valence-corrected chi connectivity index (χ1v) is 8.48. The second kappa shape index (κ2) is 5.40. The monoisotopic (exact) mass is 291 g/mol. The van der Waals surface area contributed by atoms with Gasteiger partial charge in [0.25, 0.3) is 0 Å². The largest absolute Gasteiger partial charge is 0.378 e. The molecule has 0 N–H and O–H groups in total. The zero-order valence-corrected chi connectivity index (χ0v) is 12.7. The average molecular weight is 291 g/mol. The van der Waals surface area contributed by atoms with Crippen molar-refractivity contribution in [3.05, 3.63) is 11.6 Å². The van der Waals surface area contributed by atoms with E-state index >= 15 is 0 Å². The molecule has 21 heavy (non-hydrogen) atoms. The molecule has 1 saturated carbocycles. The standard InChI is InChI=1S/C17H25NO3/c19-16(14-3-1-2-4-14)18-11-17(12-18)9-15(7-8-21-17)20-10-13-5-6-13/h3,13,15H,1-2,4-12H2/t15-/m1/s1. The lowest BCUT2D eigenvalue weighted by atomic mass is 9.84. The van der Waals surface area contributed by atoms with Crippen LogP contribution in [-0.4, -0.2) is 48.8 Å². The number of rotatable bonds is 4. The molecule has 2 saturated heterocycles. The number of likely N-dealkylation sites (tertiary alicyclic amines) is 1. The van der Waals surface area contributed by atoms with Crippen molar-refractivity contribution in [2.45, 2.75) is 56.7 Å². The Morgan fingerprint density at radius 3 is 2.95 bits per heavy atom. The van der Waals surface area contributed by atoms with Crippen LogP contribution in [-0.2, 0) is 14.3 Å². The van der Waals surface area contributed by atoms with Gasteiger partial charge in [0.2, 0.25) is 5.91 Å². The molecule has 0 bridgehead atoms. The highest BCUT2D eigenvalue weighted by Crippen LogP contribution is 2.38. The number of hydrogen-bond donors (Lipinski definition) is 0. The first-order chi connectivity index (χ1) is 10.2. The molecule has 116 valence electrons. The third-order valence-corrected chi connectivity index (χ3v) is 5.27. The van der Waals surface area contributed by atoms with Crippen LogP contribution in [0.25, 0.3) is 0 Å². The Morgan fingerprint density at radius 2 is 2.24 bits per heavy atom. The van der Waals surface area contributed by atoms with Crippen molar-refractivity contribution < 1.29 is 14.3 Å². The Hall–Kier alpha value is -0.870. The van der Waals surface area contributed by atoms with E-state index in [4.69, 9.17) is 9.47 Å². The molecule has 0 aromatic carbocycles. The van der Waals surface area contributed by atoms with Gasteiger partial charge in [-0.1, -0.05) is 6.08 Å². The van der Waals surface area contributed by atoms with Gasteiger partial charge in [0.05, 0.1) is 19.2 Å². The van der Waals surface area contributed by atoms with E-state index in [1.54, 1.807) is 0 Å². The lowest BCUT2D eigenvalue weighted by molar-refractivity contribution is -0.199. The summed E-state index contributed by atoms with van der Waals surface area (Å²) in [5.41, 5.74) is 0.906. The number of allylic oxidation sites excluding steroid dienone is 1. The Labute approximate surface area is 126 Å². The van der Waals surface area contributed by atoms with Crippen molar-refractivity contribution in [2.24, 2.45) is 5.92 Å². The molecule has 2 aliphatic carbocycles. The van der Waals surface area contributed by atoms with Crippen LogP contribution in [0.4, 0.5) is 0 Å². The van der Waals surface area contributed by atoms with Crippen molar-refractivity contribution in [1.29, 1.82) is 0 Å². The molecule has 0 unspecified atom stereocenters. The molecule has 0 aromatic heterocycles. The second-order valence-corrected chi connectivity index (χ2v) is 7.21. The first-order valence-electron chi connectivity index (χ1n) is 8.48. The zero-order valence-electron chi connectivity index (χ0n) is 12.7.